The highest BCUT2D eigenvalue weighted by Crippen LogP contribution is 2.18. The molecular formula is C23H15FN2O2S. The molecule has 0 aliphatic heterocycles. The number of imidazole rings is 1. The molecule has 0 saturated carbocycles. The maximum atomic E-state index is 13.8. The van der Waals surface area contributed by atoms with Crippen LogP contribution in [0.4, 0.5) is 4.39 Å². The van der Waals surface area contributed by atoms with Crippen molar-refractivity contribution in [3.8, 4) is 5.75 Å². The Balaban J connectivity index is 1.48. The molecule has 29 heavy (non-hydrogen) atoms. The van der Waals surface area contributed by atoms with E-state index in [4.69, 9.17) is 4.74 Å². The summed E-state index contributed by atoms with van der Waals surface area (Å²) in [5.41, 5.74) is 2.87. The van der Waals surface area contributed by atoms with Crippen LogP contribution in [0, 0.1) is 5.82 Å². The molecule has 0 saturated heterocycles. The summed E-state index contributed by atoms with van der Waals surface area (Å²) in [4.78, 5) is 18.1. The van der Waals surface area contributed by atoms with Gasteiger partial charge < -0.3 is 4.74 Å². The second kappa shape index (κ2) is 7.14. The van der Waals surface area contributed by atoms with E-state index < -0.39 is 0 Å². The lowest BCUT2D eigenvalue weighted by Gasteiger charge is -2.07. The number of halogens is 1. The van der Waals surface area contributed by atoms with E-state index in [-0.39, 0.29) is 18.0 Å². The fourth-order valence-electron chi connectivity index (χ4n) is 3.23. The maximum Gasteiger partial charge on any atom is 0.274 e. The largest absolute Gasteiger partial charge is 0.489 e. The first-order valence-corrected chi connectivity index (χ1v) is 9.89. The molecule has 0 fully saturated rings. The van der Waals surface area contributed by atoms with Crippen molar-refractivity contribution >= 4 is 33.4 Å². The molecule has 2 aromatic heterocycles. The molecule has 2 heterocycles. The van der Waals surface area contributed by atoms with Gasteiger partial charge in [0.1, 0.15) is 18.2 Å². The van der Waals surface area contributed by atoms with Crippen molar-refractivity contribution in [3.63, 3.8) is 0 Å². The fourth-order valence-corrected chi connectivity index (χ4v) is 4.22. The Morgan fingerprint density at radius 2 is 1.86 bits per heavy atom. The van der Waals surface area contributed by atoms with Gasteiger partial charge in [0.05, 0.1) is 15.6 Å². The summed E-state index contributed by atoms with van der Waals surface area (Å²) in [5.74, 6) is 0.321. The highest BCUT2D eigenvalue weighted by molar-refractivity contribution is 7.15. The van der Waals surface area contributed by atoms with Crippen LogP contribution in [0.2, 0.25) is 0 Å². The van der Waals surface area contributed by atoms with Gasteiger partial charge in [-0.1, -0.05) is 53.8 Å². The molecule has 0 atom stereocenters. The van der Waals surface area contributed by atoms with Crippen LogP contribution < -0.4 is 14.8 Å². The van der Waals surface area contributed by atoms with Gasteiger partial charge in [-0.3, -0.25) is 4.79 Å². The minimum absolute atomic E-state index is 0.0867. The highest BCUT2D eigenvalue weighted by atomic mass is 32.1. The van der Waals surface area contributed by atoms with Crippen molar-refractivity contribution in [2.75, 3.05) is 0 Å². The van der Waals surface area contributed by atoms with Gasteiger partial charge in [0.15, 0.2) is 4.96 Å². The molecule has 6 heteroatoms. The Hall–Kier alpha value is -3.51. The van der Waals surface area contributed by atoms with Crippen molar-refractivity contribution in [2.24, 2.45) is 0 Å². The third-order valence-electron chi connectivity index (χ3n) is 4.65. The number of ether oxygens (including phenoxy) is 1. The molecule has 0 aliphatic rings. The SMILES string of the molecule is O=c1c(=Cc2cccc(OCc3ccccc3F)c2)sc2nc3ccccc3n12. The van der Waals surface area contributed by atoms with E-state index in [1.165, 1.54) is 17.4 Å². The number of benzene rings is 3. The number of hydrogen-bond acceptors (Lipinski definition) is 4. The molecular weight excluding hydrogens is 387 g/mol. The fraction of sp³-hybridized carbons (Fsp3) is 0.0435. The van der Waals surface area contributed by atoms with Crippen LogP contribution >= 0.6 is 11.3 Å². The molecule has 0 bridgehead atoms. The number of thiazole rings is 1. The molecule has 0 aliphatic carbocycles. The normalized spacial score (nSPS) is 12.1. The second-order valence-electron chi connectivity index (χ2n) is 6.59. The molecule has 0 unspecified atom stereocenters. The summed E-state index contributed by atoms with van der Waals surface area (Å²) in [7, 11) is 0. The van der Waals surface area contributed by atoms with E-state index >= 15 is 0 Å². The maximum absolute atomic E-state index is 13.8. The van der Waals surface area contributed by atoms with Crippen LogP contribution in [0.15, 0.2) is 77.6 Å². The Morgan fingerprint density at radius 3 is 2.76 bits per heavy atom. The number of hydrogen-bond donors (Lipinski definition) is 0. The Bertz CT molecular complexity index is 1460. The Kier molecular flexibility index (Phi) is 4.33. The van der Waals surface area contributed by atoms with Crippen LogP contribution in [-0.4, -0.2) is 9.38 Å². The molecule has 0 spiro atoms. The first-order chi connectivity index (χ1) is 14.2. The van der Waals surface area contributed by atoms with E-state index in [9.17, 15) is 9.18 Å². The van der Waals surface area contributed by atoms with Crippen molar-refractivity contribution in [1.82, 2.24) is 9.38 Å². The van der Waals surface area contributed by atoms with Gasteiger partial charge in [-0.25, -0.2) is 13.8 Å². The lowest BCUT2D eigenvalue weighted by molar-refractivity contribution is 0.300. The Morgan fingerprint density at radius 1 is 1.03 bits per heavy atom. The molecule has 0 N–H and O–H groups in total. The van der Waals surface area contributed by atoms with Crippen molar-refractivity contribution in [2.45, 2.75) is 6.61 Å². The predicted molar refractivity (Wildman–Crippen MR) is 113 cm³/mol. The zero-order valence-corrected chi connectivity index (χ0v) is 16.0. The predicted octanol–water partition coefficient (Wildman–Crippen LogP) is 4.18. The molecule has 0 radical (unpaired) electrons. The smallest absolute Gasteiger partial charge is 0.274 e. The van der Waals surface area contributed by atoms with Gasteiger partial charge >= 0.3 is 0 Å². The zero-order valence-electron chi connectivity index (χ0n) is 15.2. The van der Waals surface area contributed by atoms with Crippen molar-refractivity contribution in [1.29, 1.82) is 0 Å². The quantitative estimate of drug-likeness (QED) is 0.453. The number of aromatic nitrogens is 2. The molecule has 5 aromatic rings. The van der Waals surface area contributed by atoms with Gasteiger partial charge in [0.2, 0.25) is 0 Å². The zero-order chi connectivity index (χ0) is 19.8. The summed E-state index contributed by atoms with van der Waals surface area (Å²) in [6.45, 7) is 0.141. The van der Waals surface area contributed by atoms with Gasteiger partial charge in [-0.05, 0) is 42.0 Å². The summed E-state index contributed by atoms with van der Waals surface area (Å²) in [6, 6.07) is 21.5. The number of rotatable bonds is 4. The third kappa shape index (κ3) is 3.28. The number of para-hydroxylation sites is 2. The summed E-state index contributed by atoms with van der Waals surface area (Å²) < 4.78 is 21.7. The minimum atomic E-state index is -0.291. The van der Waals surface area contributed by atoms with Crippen LogP contribution in [0.3, 0.4) is 0 Å². The first kappa shape index (κ1) is 17.6. The lowest BCUT2D eigenvalue weighted by Crippen LogP contribution is -2.22. The van der Waals surface area contributed by atoms with Gasteiger partial charge in [-0.15, -0.1) is 0 Å². The topological polar surface area (TPSA) is 43.6 Å². The molecule has 5 rings (SSSR count). The Labute approximate surface area is 169 Å². The summed E-state index contributed by atoms with van der Waals surface area (Å²) in [6.07, 6.45) is 1.83. The number of fused-ring (bicyclic) bond motifs is 3. The van der Waals surface area contributed by atoms with Crippen LogP contribution in [0.25, 0.3) is 22.1 Å². The lowest BCUT2D eigenvalue weighted by atomic mass is 10.2. The van der Waals surface area contributed by atoms with E-state index in [1.54, 1.807) is 22.6 Å². The molecule has 142 valence electrons. The highest BCUT2D eigenvalue weighted by Gasteiger charge is 2.10. The molecule has 0 amide bonds. The van der Waals surface area contributed by atoms with Crippen LogP contribution in [0.1, 0.15) is 11.1 Å². The van der Waals surface area contributed by atoms with Gasteiger partial charge in [-0.2, -0.15) is 0 Å². The monoisotopic (exact) mass is 402 g/mol. The summed E-state index contributed by atoms with van der Waals surface area (Å²) >= 11 is 1.36. The molecule has 4 nitrogen and oxygen atoms in total. The van der Waals surface area contributed by atoms with Crippen molar-refractivity contribution in [3.05, 3.63) is 105 Å². The summed E-state index contributed by atoms with van der Waals surface area (Å²) in [5, 5.41) is 0. The standard InChI is InChI=1S/C23H15FN2O2S/c24-18-9-2-1-7-16(18)14-28-17-8-5-6-15(12-17)13-21-22(27)26-20-11-4-3-10-19(20)25-23(26)29-21/h1-13H,14H2. The van der Waals surface area contributed by atoms with E-state index in [1.807, 2.05) is 54.6 Å². The average molecular weight is 402 g/mol. The van der Waals surface area contributed by atoms with Crippen LogP contribution in [-0.2, 0) is 6.61 Å². The van der Waals surface area contributed by atoms with E-state index in [0.29, 0.717) is 20.8 Å². The van der Waals surface area contributed by atoms with Crippen LogP contribution in [0.5, 0.6) is 5.75 Å². The minimum Gasteiger partial charge on any atom is -0.489 e. The van der Waals surface area contributed by atoms with Gasteiger partial charge in [0, 0.05) is 5.56 Å². The van der Waals surface area contributed by atoms with E-state index in [2.05, 4.69) is 4.98 Å². The van der Waals surface area contributed by atoms with E-state index in [0.717, 1.165) is 16.6 Å². The third-order valence-corrected chi connectivity index (χ3v) is 5.62. The average Bonchev–Trinajstić information content (AvgIpc) is 3.24. The second-order valence-corrected chi connectivity index (χ2v) is 7.60. The number of nitrogens with zero attached hydrogens (tertiary/aromatic N) is 2. The first-order valence-electron chi connectivity index (χ1n) is 9.07. The molecule has 3 aromatic carbocycles. The van der Waals surface area contributed by atoms with Crippen molar-refractivity contribution < 1.29 is 9.13 Å². The van der Waals surface area contributed by atoms with Gasteiger partial charge in [0.25, 0.3) is 5.56 Å².